The zero-order valence-electron chi connectivity index (χ0n) is 54.7. The molecule has 0 aromatic heterocycles. The van der Waals surface area contributed by atoms with Gasteiger partial charge in [0, 0.05) is 46.8 Å². The summed E-state index contributed by atoms with van der Waals surface area (Å²) in [5, 5.41) is 9.56. The zero-order chi connectivity index (χ0) is 67.2. The molecule has 514 valence electrons. The van der Waals surface area contributed by atoms with Gasteiger partial charge in [0.15, 0.2) is 0 Å². The number of rotatable bonds is 22. The number of carbonyl (C=O) groups excluding carboxylic acids is 8. The van der Waals surface area contributed by atoms with E-state index >= 15 is 0 Å². The highest BCUT2D eigenvalue weighted by Crippen LogP contribution is 2.63. The standard InChI is InChI=1S/C19H28O9S.C17H22O9S.C17H26O2.C14H20O3/c1-4-19(2,3)18(22)26-8-7-25-14(20)5-6-15(21)27-16-11-9-12-13(10-11)29(23,24)28-17(12)16;1-9(2)17(20)24-6-5-23-13(18)3-4-14(19)25-15-10-7-11-12(8-10)27(21,22)26-16(11)15;1-10(2)16(18)19-17(11(3)4)14-6-12-5-13(8-14)9-15(17)7-12;1-9(2)12(15)17-14-6-10-3-11(7-14)5-13(16,4-10)8-14/h11-13,16-17H,4-10H2,1-3H3;10-12,15-16H,1,3-8H2,2H3;11-15H,1,5-9H2,2-4H3;10-11,16H,1,3-8H2,2H3. The molecule has 12 aliphatic carbocycles. The minimum atomic E-state index is -3.56. The molecule has 23 nitrogen and oxygen atoms in total. The minimum absolute atomic E-state index is 0.00904. The van der Waals surface area contributed by atoms with Crippen molar-refractivity contribution in [1.82, 2.24) is 0 Å². The molecule has 25 heteroatoms. The van der Waals surface area contributed by atoms with E-state index in [0.29, 0.717) is 79.3 Å². The van der Waals surface area contributed by atoms with E-state index in [-0.39, 0.29) is 105 Å². The van der Waals surface area contributed by atoms with Crippen molar-refractivity contribution < 1.29 is 107 Å². The lowest BCUT2D eigenvalue weighted by Gasteiger charge is -2.61. The van der Waals surface area contributed by atoms with Crippen LogP contribution in [0.3, 0.4) is 0 Å². The molecule has 14 aliphatic rings. The summed E-state index contributed by atoms with van der Waals surface area (Å²) < 4.78 is 100. The molecule has 0 aromatic carbocycles. The summed E-state index contributed by atoms with van der Waals surface area (Å²) in [5.41, 5.74) is -0.523. The van der Waals surface area contributed by atoms with Gasteiger partial charge in [-0.2, -0.15) is 16.8 Å². The number of hydrogen-bond donors (Lipinski definition) is 1. The van der Waals surface area contributed by atoms with Crippen LogP contribution in [0, 0.1) is 70.5 Å². The SMILES string of the molecule is C=C(C)C(=O)OC1(C(C)C)C2CC3CC(C2)CC1C3.C=C(C)C(=O)OC12CC3CC(CC(O)(C3)C1)C2.C=C(C)C(=O)OCCOC(=O)CCC(=O)OC1C2CC3C1OS(=O)(=O)C3C2.CCC(C)(C)C(=O)OCCOC(=O)CCC(=O)OC1C2CC3C1OS(=O)(=O)C3C2. The van der Waals surface area contributed by atoms with Crippen molar-refractivity contribution >= 4 is 68.0 Å². The second-order valence-electron chi connectivity index (χ2n) is 29.6. The van der Waals surface area contributed by atoms with Gasteiger partial charge in [0.1, 0.15) is 62.0 Å². The molecule has 0 amide bonds. The van der Waals surface area contributed by atoms with Crippen LogP contribution in [0.15, 0.2) is 36.5 Å². The number of ether oxygens (including phenoxy) is 8. The van der Waals surface area contributed by atoms with Crippen LogP contribution in [-0.2, 0) is 105 Å². The first-order valence-corrected chi connectivity index (χ1v) is 36.1. The predicted molar refractivity (Wildman–Crippen MR) is 327 cm³/mol. The van der Waals surface area contributed by atoms with Crippen LogP contribution in [0.2, 0.25) is 0 Å². The van der Waals surface area contributed by atoms with Crippen LogP contribution < -0.4 is 0 Å². The molecule has 2 heterocycles. The number of aliphatic hydroxyl groups is 1. The summed E-state index contributed by atoms with van der Waals surface area (Å²) in [5.74, 6) is 0.442. The summed E-state index contributed by atoms with van der Waals surface area (Å²) in [6.45, 7) is 25.3. The number of carbonyl (C=O) groups is 8. The second-order valence-corrected chi connectivity index (χ2v) is 33.2. The van der Waals surface area contributed by atoms with Crippen molar-refractivity contribution in [3.05, 3.63) is 36.5 Å². The Morgan fingerprint density at radius 2 is 0.935 bits per heavy atom. The summed E-state index contributed by atoms with van der Waals surface area (Å²) >= 11 is 0. The summed E-state index contributed by atoms with van der Waals surface area (Å²) in [6.07, 6.45) is 11.9. The van der Waals surface area contributed by atoms with E-state index < -0.39 is 102 Å². The molecule has 0 radical (unpaired) electrons. The van der Waals surface area contributed by atoms with E-state index in [1.54, 1.807) is 27.7 Å². The van der Waals surface area contributed by atoms with Crippen molar-refractivity contribution in [2.24, 2.45) is 70.5 Å². The Kier molecular flexibility index (Phi) is 21.5. The van der Waals surface area contributed by atoms with E-state index in [9.17, 15) is 60.3 Å². The Bertz CT molecular complexity index is 3080. The van der Waals surface area contributed by atoms with E-state index in [2.05, 4.69) is 33.6 Å². The van der Waals surface area contributed by atoms with Gasteiger partial charge in [-0.25, -0.2) is 14.4 Å². The Morgan fingerprint density at radius 3 is 1.35 bits per heavy atom. The summed E-state index contributed by atoms with van der Waals surface area (Å²) in [4.78, 5) is 94.2. The third kappa shape index (κ3) is 15.5. The number of hydrogen-bond acceptors (Lipinski definition) is 23. The molecule has 0 aromatic rings. The first kappa shape index (κ1) is 71.1. The van der Waals surface area contributed by atoms with E-state index in [4.69, 9.17) is 46.3 Å². The van der Waals surface area contributed by atoms with Crippen LogP contribution in [0.1, 0.15) is 184 Å². The van der Waals surface area contributed by atoms with Crippen LogP contribution in [0.4, 0.5) is 0 Å². The zero-order valence-corrected chi connectivity index (χ0v) is 56.3. The highest BCUT2D eigenvalue weighted by molar-refractivity contribution is 7.88. The maximum absolute atomic E-state index is 12.1. The third-order valence-corrected chi connectivity index (χ3v) is 25.5. The normalized spacial score (nSPS) is 37.0. The van der Waals surface area contributed by atoms with Crippen LogP contribution in [-0.4, -0.2) is 148 Å². The minimum Gasteiger partial charge on any atom is -0.462 e. The Morgan fingerprint density at radius 1 is 0.533 bits per heavy atom. The fourth-order valence-corrected chi connectivity index (χ4v) is 21.8. The lowest BCUT2D eigenvalue weighted by molar-refractivity contribution is -0.221. The first-order valence-electron chi connectivity index (χ1n) is 33.1. The predicted octanol–water partition coefficient (Wildman–Crippen LogP) is 7.96. The van der Waals surface area contributed by atoms with Gasteiger partial charge in [-0.05, 0) is 172 Å². The monoisotopic (exact) mass is 1330 g/mol. The molecule has 0 spiro atoms. The van der Waals surface area contributed by atoms with Crippen molar-refractivity contribution in [2.75, 3.05) is 26.4 Å². The van der Waals surface area contributed by atoms with Crippen molar-refractivity contribution in [2.45, 2.75) is 236 Å². The van der Waals surface area contributed by atoms with Gasteiger partial charge in [0.05, 0.1) is 47.2 Å². The highest BCUT2D eigenvalue weighted by Gasteiger charge is 2.67. The third-order valence-electron chi connectivity index (χ3n) is 21.9. The topological polar surface area (TPSA) is 317 Å². The van der Waals surface area contributed by atoms with Gasteiger partial charge >= 0.3 is 47.8 Å². The molecular weight excluding hydrogens is 1240 g/mol. The number of esters is 8. The molecule has 12 bridgehead atoms. The van der Waals surface area contributed by atoms with Gasteiger partial charge in [-0.1, -0.05) is 40.5 Å². The first-order chi connectivity index (χ1) is 43.1. The lowest BCUT2D eigenvalue weighted by atomic mass is 9.47. The number of fused-ring (bicyclic) bond motifs is 2. The quantitative estimate of drug-likeness (QED) is 0.0353. The Hall–Kier alpha value is -5.24. The Labute approximate surface area is 541 Å². The molecular formula is C67H96O23S2. The molecule has 12 atom stereocenters. The Balaban J connectivity index is 0.000000148. The van der Waals surface area contributed by atoms with E-state index in [0.717, 1.165) is 37.5 Å². The summed E-state index contributed by atoms with van der Waals surface area (Å²) in [6, 6.07) is 0. The van der Waals surface area contributed by atoms with Gasteiger partial charge in [-0.15, -0.1) is 0 Å². The van der Waals surface area contributed by atoms with Gasteiger partial charge in [-0.3, -0.25) is 32.3 Å². The van der Waals surface area contributed by atoms with Crippen LogP contribution >= 0.6 is 0 Å². The van der Waals surface area contributed by atoms with Gasteiger partial charge in [0.25, 0.3) is 20.2 Å². The summed E-state index contributed by atoms with van der Waals surface area (Å²) in [7, 11) is -7.11. The lowest BCUT2D eigenvalue weighted by Crippen LogP contribution is -2.62. The maximum atomic E-state index is 12.1. The molecule has 14 fully saturated rings. The van der Waals surface area contributed by atoms with Crippen molar-refractivity contribution in [1.29, 1.82) is 0 Å². The molecule has 12 saturated carbocycles. The average molecular weight is 1330 g/mol. The van der Waals surface area contributed by atoms with Gasteiger partial charge < -0.3 is 43.0 Å². The van der Waals surface area contributed by atoms with Gasteiger partial charge in [0.2, 0.25) is 0 Å². The molecule has 1 N–H and O–H groups in total. The second kappa shape index (κ2) is 27.8. The fourth-order valence-electron chi connectivity index (χ4n) is 18.0. The molecule has 14 rings (SSSR count). The maximum Gasteiger partial charge on any atom is 0.333 e. The molecule has 92 heavy (non-hydrogen) atoms. The van der Waals surface area contributed by atoms with Crippen LogP contribution in [0.25, 0.3) is 0 Å². The largest absolute Gasteiger partial charge is 0.462 e. The van der Waals surface area contributed by atoms with Crippen LogP contribution in [0.5, 0.6) is 0 Å². The van der Waals surface area contributed by atoms with E-state index in [1.165, 1.54) is 45.4 Å². The average Bonchev–Trinajstić information content (AvgIpc) is 1.15. The highest BCUT2D eigenvalue weighted by atomic mass is 32.2. The molecule has 12 unspecified atom stereocenters. The van der Waals surface area contributed by atoms with Crippen molar-refractivity contribution in [3.63, 3.8) is 0 Å². The fraction of sp³-hybridized carbons (Fsp3) is 0.791. The van der Waals surface area contributed by atoms with E-state index in [1.807, 2.05) is 6.92 Å². The molecule has 2 saturated heterocycles. The van der Waals surface area contributed by atoms with Crippen molar-refractivity contribution in [3.8, 4) is 0 Å². The molecule has 2 aliphatic heterocycles. The smallest absolute Gasteiger partial charge is 0.333 e.